The van der Waals surface area contributed by atoms with Crippen molar-refractivity contribution in [2.75, 3.05) is 6.67 Å². The molecule has 19 heavy (non-hydrogen) atoms. The minimum Gasteiger partial charge on any atom is -0.860 e. The van der Waals surface area contributed by atoms with E-state index in [2.05, 4.69) is 5.32 Å². The van der Waals surface area contributed by atoms with E-state index < -0.39 is 0 Å². The number of nitrogens with one attached hydrogen (secondary N) is 1. The van der Waals surface area contributed by atoms with Crippen molar-refractivity contribution in [2.45, 2.75) is 0 Å². The van der Waals surface area contributed by atoms with Gasteiger partial charge >= 0.3 is 17.1 Å². The summed E-state index contributed by atoms with van der Waals surface area (Å²) in [6, 6.07) is 0. The predicted octanol–water partition coefficient (Wildman–Crippen LogP) is 0.334. The molecule has 0 aromatic heterocycles. The number of carbonyl (C=O) groups is 1. The van der Waals surface area contributed by atoms with Crippen LogP contribution in [0.1, 0.15) is 1.43 Å². The fourth-order valence-electron chi connectivity index (χ4n) is 1.19. The summed E-state index contributed by atoms with van der Waals surface area (Å²) in [7, 11) is 0. The third-order valence-corrected chi connectivity index (χ3v) is 2.01. The molecular weight excluding hydrogens is 286 g/mol. The van der Waals surface area contributed by atoms with Crippen LogP contribution < -0.4 is 22.3 Å². The number of allylic oxidation sites excluding steroid dienone is 7. The normalized spacial score (nSPS) is 14.2. The van der Waals surface area contributed by atoms with Crippen molar-refractivity contribution >= 4 is 6.29 Å². The molecule has 0 spiro atoms. The van der Waals surface area contributed by atoms with Gasteiger partial charge in [0.25, 0.3) is 0 Å². The molecule has 5 nitrogen and oxygen atoms in total. The van der Waals surface area contributed by atoms with E-state index in [4.69, 9.17) is 5.73 Å². The Balaban J connectivity index is -0.000000262. The molecule has 0 aliphatic heterocycles. The second kappa shape index (κ2) is 11.6. The molecule has 0 fully saturated rings. The average molecular weight is 305 g/mol. The van der Waals surface area contributed by atoms with Gasteiger partial charge in [0.05, 0.1) is 6.67 Å². The molecule has 0 unspecified atom stereocenters. The first-order valence-electron chi connectivity index (χ1n) is 5.15. The van der Waals surface area contributed by atoms with Gasteiger partial charge < -0.3 is 27.1 Å². The number of aldehydes is 1. The van der Waals surface area contributed by atoms with Gasteiger partial charge in [0.1, 0.15) is 0 Å². The number of hydrogen-bond donors (Lipinski definition) is 3. The molecule has 106 valence electrons. The zero-order valence-electron chi connectivity index (χ0n) is 10.4. The molecular formula is C13H19FeN3O2. The van der Waals surface area contributed by atoms with Crippen LogP contribution in [0.3, 0.4) is 0 Å². The number of carbonyl (C=O) groups excluding carboxylic acids is 1. The van der Waals surface area contributed by atoms with E-state index in [0.717, 1.165) is 11.9 Å². The first-order chi connectivity index (χ1) is 8.27. The van der Waals surface area contributed by atoms with E-state index in [9.17, 15) is 9.90 Å². The summed E-state index contributed by atoms with van der Waals surface area (Å²) in [5.74, 6) is -0.118. The Kier molecular flexibility index (Phi) is 12.2. The number of hydrogen-bond acceptors (Lipinski definition) is 5. The van der Waals surface area contributed by atoms with Crippen molar-refractivity contribution in [1.82, 2.24) is 11.5 Å². The molecule has 0 aromatic rings. The Hall–Kier alpha value is -1.46. The van der Waals surface area contributed by atoms with Gasteiger partial charge in [-0.3, -0.25) is 0 Å². The molecule has 0 saturated carbocycles. The summed E-state index contributed by atoms with van der Waals surface area (Å²) < 4.78 is 0. The van der Waals surface area contributed by atoms with Crippen LogP contribution in [0.25, 0.3) is 0 Å². The Morgan fingerprint density at radius 2 is 2.11 bits per heavy atom. The molecule has 0 atom stereocenters. The van der Waals surface area contributed by atoms with Gasteiger partial charge in [0.15, 0.2) is 0 Å². The second-order valence-corrected chi connectivity index (χ2v) is 3.22. The van der Waals surface area contributed by atoms with Crippen molar-refractivity contribution in [1.29, 1.82) is 0 Å². The van der Waals surface area contributed by atoms with Crippen LogP contribution in [0.5, 0.6) is 0 Å². The van der Waals surface area contributed by atoms with E-state index in [0.29, 0.717) is 5.57 Å². The first kappa shape index (κ1) is 19.9. The average Bonchev–Trinajstić information content (AvgIpc) is 3.03. The minimum absolute atomic E-state index is 0. The minimum atomic E-state index is -0.118. The maximum Gasteiger partial charge on any atom is 2.00 e. The Morgan fingerprint density at radius 1 is 1.47 bits per heavy atom. The van der Waals surface area contributed by atoms with E-state index in [1.165, 1.54) is 0 Å². The third kappa shape index (κ3) is 7.54. The quantitative estimate of drug-likeness (QED) is 0.229. The first-order valence-corrected chi connectivity index (χ1v) is 5.15. The van der Waals surface area contributed by atoms with Crippen LogP contribution in [0.4, 0.5) is 0 Å². The van der Waals surface area contributed by atoms with Gasteiger partial charge in [-0.05, 0) is 11.5 Å². The Morgan fingerprint density at radius 3 is 2.47 bits per heavy atom. The van der Waals surface area contributed by atoms with Crippen LogP contribution in [-0.4, -0.2) is 13.0 Å². The van der Waals surface area contributed by atoms with E-state index >= 15 is 0 Å². The van der Waals surface area contributed by atoms with E-state index in [1.807, 2.05) is 25.0 Å². The summed E-state index contributed by atoms with van der Waals surface area (Å²) in [5.41, 5.74) is 6.51. The molecule has 2 aliphatic carbocycles. The number of rotatable bonds is 3. The zero-order chi connectivity index (χ0) is 12.5. The van der Waals surface area contributed by atoms with Crippen molar-refractivity contribution in [2.24, 2.45) is 5.73 Å². The van der Waals surface area contributed by atoms with Gasteiger partial charge in [0.2, 0.25) is 0 Å². The smallest absolute Gasteiger partial charge is 0.860 e. The van der Waals surface area contributed by atoms with Crippen molar-refractivity contribution in [3.63, 3.8) is 0 Å². The van der Waals surface area contributed by atoms with Gasteiger partial charge in [-0.1, -0.05) is 37.1 Å². The van der Waals surface area contributed by atoms with Crippen molar-refractivity contribution in [3.05, 3.63) is 66.7 Å². The molecule has 6 heteroatoms. The van der Waals surface area contributed by atoms with Crippen LogP contribution in [-0.2, 0) is 21.9 Å². The van der Waals surface area contributed by atoms with Gasteiger partial charge in [-0.25, -0.2) is 0 Å². The SMILES string of the molecule is N.NCNC([O-])=C1C=CC=C1.O=CC1=C[CH][CH][CH-]1.[Fe+2].[HH]. The summed E-state index contributed by atoms with van der Waals surface area (Å²) in [5, 5.41) is 13.4. The molecule has 6 N–H and O–H groups in total. The van der Waals surface area contributed by atoms with Crippen LogP contribution in [0, 0.1) is 19.3 Å². The maximum absolute atomic E-state index is 10.9. The molecule has 0 saturated heterocycles. The van der Waals surface area contributed by atoms with Crippen molar-refractivity contribution in [3.8, 4) is 0 Å². The standard InChI is InChI=1S/C7H10N2O.C6H5O.Fe.H3N.H2/c8-5-9-7(10)6-3-1-2-4-6;7-5-6-3-1-2-4-6;;;/h1-4,9-10H,5,8H2;1-5H;;1H3;1H/q;-1;+2;;/p-1. The van der Waals surface area contributed by atoms with Gasteiger partial charge in [-0.2, -0.15) is 18.1 Å². The summed E-state index contributed by atoms with van der Waals surface area (Å²) in [6.45, 7) is 0.185. The van der Waals surface area contributed by atoms with Crippen LogP contribution >= 0.6 is 0 Å². The van der Waals surface area contributed by atoms with Gasteiger partial charge in [0, 0.05) is 7.71 Å². The molecule has 2 aliphatic rings. The molecule has 0 heterocycles. The Labute approximate surface area is 125 Å². The van der Waals surface area contributed by atoms with Gasteiger partial charge in [-0.15, -0.1) is 0 Å². The van der Waals surface area contributed by atoms with Crippen LogP contribution in [0.15, 0.2) is 47.4 Å². The summed E-state index contributed by atoms with van der Waals surface area (Å²) in [4.78, 5) is 9.87. The largest absolute Gasteiger partial charge is 2.00 e. The van der Waals surface area contributed by atoms with Crippen molar-refractivity contribution < 1.29 is 28.4 Å². The van der Waals surface area contributed by atoms with Crippen LogP contribution in [0.2, 0.25) is 0 Å². The Bertz CT molecular complexity index is 379. The fourth-order valence-corrected chi connectivity index (χ4v) is 1.19. The maximum atomic E-state index is 10.9. The van der Waals surface area contributed by atoms with E-state index in [1.54, 1.807) is 24.6 Å². The summed E-state index contributed by atoms with van der Waals surface area (Å²) in [6.07, 6.45) is 15.2. The monoisotopic (exact) mass is 305 g/mol. The van der Waals surface area contributed by atoms with E-state index in [-0.39, 0.29) is 37.2 Å². The molecule has 2 radical (unpaired) electrons. The molecule has 0 bridgehead atoms. The number of nitrogens with two attached hydrogens (primary N) is 1. The topological polar surface area (TPSA) is 113 Å². The molecule has 2 rings (SSSR count). The summed E-state index contributed by atoms with van der Waals surface area (Å²) >= 11 is 0. The second-order valence-electron chi connectivity index (χ2n) is 3.22. The predicted molar refractivity (Wildman–Crippen MR) is 71.7 cm³/mol. The zero-order valence-corrected chi connectivity index (χ0v) is 11.5. The molecule has 0 amide bonds. The molecule has 0 aromatic carbocycles. The fraction of sp³-hybridized carbons (Fsp3) is 0.0769. The third-order valence-electron chi connectivity index (χ3n) is 2.01.